The molecule has 4 nitrogen and oxygen atoms in total. The van der Waals surface area contributed by atoms with Gasteiger partial charge in [-0.05, 0) is 19.1 Å². The summed E-state index contributed by atoms with van der Waals surface area (Å²) in [4.78, 5) is 10.9. The van der Waals surface area contributed by atoms with Gasteiger partial charge < -0.3 is 5.73 Å². The summed E-state index contributed by atoms with van der Waals surface area (Å²) < 4.78 is 0. The highest BCUT2D eigenvalue weighted by Gasteiger charge is 2.05. The van der Waals surface area contributed by atoms with Gasteiger partial charge in [-0.2, -0.15) is 5.10 Å². The molecule has 0 aromatic heterocycles. The molecule has 1 rings (SSSR count). The van der Waals surface area contributed by atoms with Gasteiger partial charge >= 0.3 is 0 Å². The van der Waals surface area contributed by atoms with Crippen LogP contribution in [0.2, 0.25) is 10.0 Å². The summed E-state index contributed by atoms with van der Waals surface area (Å²) in [5.74, 6) is -0.357. The standard InChI is InChI=1S/C10H11Cl2N3O.ClH/c1-6(14-15-10(16)5-13)8-3-2-7(11)4-9(8)12;/h2-4H,5,13H2,1H3,(H,15,16);1H/b14-6-;. The summed E-state index contributed by atoms with van der Waals surface area (Å²) in [7, 11) is 0. The molecule has 1 amide bonds. The molecule has 0 aliphatic rings. The number of nitrogens with one attached hydrogen (secondary N) is 1. The Balaban J connectivity index is 0.00000256. The average Bonchev–Trinajstić information content (AvgIpc) is 2.25. The number of hydrogen-bond acceptors (Lipinski definition) is 3. The maximum Gasteiger partial charge on any atom is 0.253 e. The maximum atomic E-state index is 10.9. The SMILES string of the molecule is C/C(=N/NC(=O)CN)c1ccc(Cl)cc1Cl.Cl. The molecular weight excluding hydrogens is 284 g/mol. The van der Waals surface area contributed by atoms with E-state index in [1.54, 1.807) is 25.1 Å². The molecule has 3 N–H and O–H groups in total. The predicted molar refractivity (Wildman–Crippen MR) is 73.1 cm³/mol. The number of nitrogens with two attached hydrogens (primary N) is 1. The van der Waals surface area contributed by atoms with E-state index in [9.17, 15) is 4.79 Å². The Labute approximate surface area is 116 Å². The highest BCUT2D eigenvalue weighted by Crippen LogP contribution is 2.21. The van der Waals surface area contributed by atoms with Crippen molar-refractivity contribution in [1.29, 1.82) is 0 Å². The molecule has 0 aliphatic carbocycles. The number of carbonyl (C=O) groups excluding carboxylic acids is 1. The van der Waals surface area contributed by atoms with Crippen LogP contribution in [-0.4, -0.2) is 18.2 Å². The van der Waals surface area contributed by atoms with E-state index in [2.05, 4.69) is 10.5 Å². The van der Waals surface area contributed by atoms with E-state index in [0.29, 0.717) is 21.3 Å². The molecule has 7 heteroatoms. The number of amides is 1. The van der Waals surface area contributed by atoms with Gasteiger partial charge in [-0.15, -0.1) is 12.4 Å². The fraction of sp³-hybridized carbons (Fsp3) is 0.200. The van der Waals surface area contributed by atoms with Crippen molar-refractivity contribution in [3.05, 3.63) is 33.8 Å². The van der Waals surface area contributed by atoms with Gasteiger partial charge in [0.15, 0.2) is 0 Å². The zero-order valence-corrected chi connectivity index (χ0v) is 11.4. The molecule has 94 valence electrons. The number of nitrogens with zero attached hydrogens (tertiary/aromatic N) is 1. The van der Waals surface area contributed by atoms with Crippen LogP contribution in [0.15, 0.2) is 23.3 Å². The number of hydrazone groups is 1. The van der Waals surface area contributed by atoms with Crippen LogP contribution >= 0.6 is 35.6 Å². The minimum atomic E-state index is -0.357. The van der Waals surface area contributed by atoms with Crippen LogP contribution in [0.4, 0.5) is 0 Å². The van der Waals surface area contributed by atoms with Gasteiger partial charge in [0.25, 0.3) is 5.91 Å². The van der Waals surface area contributed by atoms with E-state index in [4.69, 9.17) is 28.9 Å². The monoisotopic (exact) mass is 295 g/mol. The van der Waals surface area contributed by atoms with Crippen LogP contribution in [0, 0.1) is 0 Å². The molecule has 0 radical (unpaired) electrons. The fourth-order valence-electron chi connectivity index (χ4n) is 1.03. The van der Waals surface area contributed by atoms with Crippen LogP contribution < -0.4 is 11.2 Å². The Kier molecular flexibility index (Phi) is 7.15. The predicted octanol–water partition coefficient (Wildman–Crippen LogP) is 2.21. The molecule has 17 heavy (non-hydrogen) atoms. The summed E-state index contributed by atoms with van der Waals surface area (Å²) in [6, 6.07) is 5.05. The number of halogens is 3. The van der Waals surface area contributed by atoms with E-state index in [0.717, 1.165) is 0 Å². The summed E-state index contributed by atoms with van der Waals surface area (Å²) >= 11 is 11.7. The number of hydrogen-bond donors (Lipinski definition) is 2. The first-order valence-corrected chi connectivity index (χ1v) is 5.29. The minimum Gasteiger partial charge on any atom is -0.322 e. The molecule has 0 aliphatic heterocycles. The van der Waals surface area contributed by atoms with Crippen LogP contribution in [0.5, 0.6) is 0 Å². The lowest BCUT2D eigenvalue weighted by molar-refractivity contribution is -0.119. The zero-order chi connectivity index (χ0) is 12.1. The molecule has 0 heterocycles. The average molecular weight is 297 g/mol. The topological polar surface area (TPSA) is 67.5 Å². The Morgan fingerprint density at radius 1 is 1.47 bits per heavy atom. The van der Waals surface area contributed by atoms with Crippen molar-refractivity contribution in [2.24, 2.45) is 10.8 Å². The van der Waals surface area contributed by atoms with Crippen molar-refractivity contribution in [2.75, 3.05) is 6.54 Å². The van der Waals surface area contributed by atoms with Gasteiger partial charge in [-0.25, -0.2) is 5.43 Å². The quantitative estimate of drug-likeness (QED) is 0.663. The van der Waals surface area contributed by atoms with Gasteiger partial charge in [0, 0.05) is 10.6 Å². The summed E-state index contributed by atoms with van der Waals surface area (Å²) in [6.07, 6.45) is 0. The highest BCUT2D eigenvalue weighted by molar-refractivity contribution is 6.37. The number of rotatable bonds is 3. The molecule has 0 spiro atoms. The second kappa shape index (κ2) is 7.50. The van der Waals surface area contributed by atoms with E-state index in [1.165, 1.54) is 0 Å². The summed E-state index contributed by atoms with van der Waals surface area (Å²) in [5, 5.41) is 4.90. The van der Waals surface area contributed by atoms with Gasteiger partial charge in [0.05, 0.1) is 17.3 Å². The van der Waals surface area contributed by atoms with E-state index in [1.807, 2.05) is 0 Å². The molecule has 0 saturated carbocycles. The Morgan fingerprint density at radius 2 is 2.12 bits per heavy atom. The van der Waals surface area contributed by atoms with Crippen LogP contribution in [0.25, 0.3) is 0 Å². The molecule has 0 fully saturated rings. The van der Waals surface area contributed by atoms with Crippen LogP contribution in [0.3, 0.4) is 0 Å². The Hall–Kier alpha value is -0.810. The first-order chi connectivity index (χ1) is 7.54. The van der Waals surface area contributed by atoms with E-state index >= 15 is 0 Å². The first-order valence-electron chi connectivity index (χ1n) is 4.53. The molecule has 1 aromatic rings. The van der Waals surface area contributed by atoms with Crippen molar-refractivity contribution in [2.45, 2.75) is 6.92 Å². The summed E-state index contributed by atoms with van der Waals surface area (Å²) in [6.45, 7) is 1.62. The van der Waals surface area contributed by atoms with Crippen molar-refractivity contribution >= 4 is 47.2 Å². The third-order valence-corrected chi connectivity index (χ3v) is 2.40. The van der Waals surface area contributed by atoms with Crippen molar-refractivity contribution in [3.8, 4) is 0 Å². The maximum absolute atomic E-state index is 10.9. The van der Waals surface area contributed by atoms with Gasteiger partial charge in [-0.1, -0.05) is 29.3 Å². The van der Waals surface area contributed by atoms with E-state index in [-0.39, 0.29) is 24.9 Å². The van der Waals surface area contributed by atoms with Crippen molar-refractivity contribution in [3.63, 3.8) is 0 Å². The largest absolute Gasteiger partial charge is 0.322 e. The second-order valence-corrected chi connectivity index (χ2v) is 3.90. The van der Waals surface area contributed by atoms with Crippen molar-refractivity contribution in [1.82, 2.24) is 5.43 Å². The highest BCUT2D eigenvalue weighted by atomic mass is 35.5. The molecule has 0 atom stereocenters. The number of carbonyl (C=O) groups is 1. The fourth-order valence-corrected chi connectivity index (χ4v) is 1.58. The third-order valence-electron chi connectivity index (χ3n) is 1.85. The summed E-state index contributed by atoms with van der Waals surface area (Å²) in [5.41, 5.74) is 8.72. The molecule has 0 unspecified atom stereocenters. The van der Waals surface area contributed by atoms with Crippen LogP contribution in [0.1, 0.15) is 12.5 Å². The lowest BCUT2D eigenvalue weighted by Gasteiger charge is -2.04. The zero-order valence-electron chi connectivity index (χ0n) is 9.04. The van der Waals surface area contributed by atoms with Gasteiger partial charge in [0.2, 0.25) is 0 Å². The Morgan fingerprint density at radius 3 is 2.65 bits per heavy atom. The normalized spacial score (nSPS) is 10.7. The van der Waals surface area contributed by atoms with E-state index < -0.39 is 0 Å². The first kappa shape index (κ1) is 16.2. The lowest BCUT2D eigenvalue weighted by atomic mass is 10.1. The lowest BCUT2D eigenvalue weighted by Crippen LogP contribution is -2.27. The smallest absolute Gasteiger partial charge is 0.253 e. The molecule has 0 saturated heterocycles. The number of benzene rings is 1. The second-order valence-electron chi connectivity index (χ2n) is 3.06. The Bertz CT molecular complexity index is 435. The van der Waals surface area contributed by atoms with Crippen molar-refractivity contribution < 1.29 is 4.79 Å². The molecule has 0 bridgehead atoms. The van der Waals surface area contributed by atoms with Gasteiger partial charge in [0.1, 0.15) is 0 Å². The minimum absolute atomic E-state index is 0. The van der Waals surface area contributed by atoms with Crippen LogP contribution in [-0.2, 0) is 4.79 Å². The molecular formula is C10H12Cl3N3O. The third kappa shape index (κ3) is 4.91. The molecule has 1 aromatic carbocycles. The van der Waals surface area contributed by atoms with Gasteiger partial charge in [-0.3, -0.25) is 4.79 Å².